The van der Waals surface area contributed by atoms with Crippen molar-refractivity contribution in [2.24, 2.45) is 23.7 Å². The Bertz CT molecular complexity index is 269. The van der Waals surface area contributed by atoms with Crippen molar-refractivity contribution in [2.75, 3.05) is 0 Å². The van der Waals surface area contributed by atoms with Crippen LogP contribution in [0.4, 0.5) is 0 Å². The first kappa shape index (κ1) is 8.01. The smallest absolute Gasteiger partial charge is 0.0883 e. The van der Waals surface area contributed by atoms with Crippen LogP contribution in [0.5, 0.6) is 0 Å². The molecule has 6 atom stereocenters. The molecule has 3 rings (SSSR count). The van der Waals surface area contributed by atoms with Gasteiger partial charge in [-0.25, -0.2) is 0 Å². The molecule has 0 unspecified atom stereocenters. The van der Waals surface area contributed by atoms with Gasteiger partial charge in [0.05, 0.1) is 11.7 Å². The Morgan fingerprint density at radius 1 is 1.31 bits per heavy atom. The summed E-state index contributed by atoms with van der Waals surface area (Å²) in [5.41, 5.74) is -0.835. The molecule has 0 heterocycles. The van der Waals surface area contributed by atoms with Crippen LogP contribution in [0.1, 0.15) is 19.8 Å². The number of hydrogen-bond acceptors (Lipinski definition) is 2. The third-order valence-electron chi connectivity index (χ3n) is 4.34. The zero-order valence-corrected chi connectivity index (χ0v) is 7.85. The molecule has 0 aliphatic heterocycles. The Morgan fingerprint density at radius 3 is 2.69 bits per heavy atom. The first-order valence-corrected chi connectivity index (χ1v) is 5.18. The molecule has 0 spiro atoms. The Labute approximate surface area is 78.3 Å². The van der Waals surface area contributed by atoms with Crippen LogP contribution in [0.2, 0.25) is 0 Å². The summed E-state index contributed by atoms with van der Waals surface area (Å²) in [4.78, 5) is 0. The van der Waals surface area contributed by atoms with E-state index in [0.717, 1.165) is 6.42 Å². The van der Waals surface area contributed by atoms with Gasteiger partial charge in [-0.3, -0.25) is 0 Å². The van der Waals surface area contributed by atoms with Crippen molar-refractivity contribution in [2.45, 2.75) is 31.5 Å². The molecule has 13 heavy (non-hydrogen) atoms. The Balaban J connectivity index is 1.96. The van der Waals surface area contributed by atoms with Crippen molar-refractivity contribution in [3.8, 4) is 0 Å². The van der Waals surface area contributed by atoms with Crippen LogP contribution in [0.15, 0.2) is 12.2 Å². The van der Waals surface area contributed by atoms with E-state index in [9.17, 15) is 10.2 Å². The van der Waals surface area contributed by atoms with Crippen LogP contribution in [-0.4, -0.2) is 21.9 Å². The quantitative estimate of drug-likeness (QED) is 0.545. The van der Waals surface area contributed by atoms with Crippen molar-refractivity contribution >= 4 is 0 Å². The Morgan fingerprint density at radius 2 is 2.00 bits per heavy atom. The molecule has 0 aromatic carbocycles. The van der Waals surface area contributed by atoms with E-state index in [1.54, 1.807) is 6.92 Å². The molecule has 0 saturated heterocycles. The summed E-state index contributed by atoms with van der Waals surface area (Å²) >= 11 is 0. The number of rotatable bonds is 0. The molecule has 72 valence electrons. The van der Waals surface area contributed by atoms with E-state index in [1.165, 1.54) is 6.42 Å². The largest absolute Gasteiger partial charge is 0.390 e. The molecule has 2 bridgehead atoms. The predicted molar refractivity (Wildman–Crippen MR) is 49.0 cm³/mol. The van der Waals surface area contributed by atoms with Crippen LogP contribution in [0, 0.1) is 23.7 Å². The number of fused-ring (bicyclic) bond motifs is 5. The molecule has 3 aliphatic rings. The predicted octanol–water partition coefficient (Wildman–Crippen LogP) is 0.940. The number of hydrogen-bond donors (Lipinski definition) is 2. The maximum absolute atomic E-state index is 9.97. The summed E-state index contributed by atoms with van der Waals surface area (Å²) in [7, 11) is 0. The molecular weight excluding hydrogens is 164 g/mol. The average molecular weight is 180 g/mol. The van der Waals surface area contributed by atoms with Gasteiger partial charge in [0.1, 0.15) is 0 Å². The fourth-order valence-corrected chi connectivity index (χ4v) is 3.73. The Hall–Kier alpha value is -0.340. The van der Waals surface area contributed by atoms with Crippen LogP contribution in [0.3, 0.4) is 0 Å². The fourth-order valence-electron chi connectivity index (χ4n) is 3.73. The summed E-state index contributed by atoms with van der Waals surface area (Å²) in [5.74, 6) is 2.06. The number of aliphatic hydroxyl groups is 2. The van der Waals surface area contributed by atoms with Crippen LogP contribution < -0.4 is 0 Å². The first-order valence-electron chi connectivity index (χ1n) is 5.18. The van der Waals surface area contributed by atoms with Gasteiger partial charge in [0.25, 0.3) is 0 Å². The van der Waals surface area contributed by atoms with Crippen LogP contribution in [0.25, 0.3) is 0 Å². The molecule has 2 fully saturated rings. The summed E-state index contributed by atoms with van der Waals surface area (Å²) in [5, 5.41) is 19.9. The van der Waals surface area contributed by atoms with Gasteiger partial charge in [0.2, 0.25) is 0 Å². The van der Waals surface area contributed by atoms with Crippen molar-refractivity contribution in [3.63, 3.8) is 0 Å². The van der Waals surface area contributed by atoms with Gasteiger partial charge in [-0.2, -0.15) is 0 Å². The summed E-state index contributed by atoms with van der Waals surface area (Å²) in [6, 6.07) is 0. The highest BCUT2D eigenvalue weighted by molar-refractivity contribution is 5.20. The van der Waals surface area contributed by atoms with Crippen LogP contribution >= 0.6 is 0 Å². The molecule has 0 aromatic heterocycles. The molecule has 0 amide bonds. The van der Waals surface area contributed by atoms with Gasteiger partial charge in [-0.05, 0) is 43.4 Å². The highest BCUT2D eigenvalue weighted by atomic mass is 16.3. The molecule has 0 aromatic rings. The van der Waals surface area contributed by atoms with Crippen molar-refractivity contribution in [1.29, 1.82) is 0 Å². The fraction of sp³-hybridized carbons (Fsp3) is 0.818. The van der Waals surface area contributed by atoms with Gasteiger partial charge >= 0.3 is 0 Å². The first-order chi connectivity index (χ1) is 6.09. The van der Waals surface area contributed by atoms with Gasteiger partial charge < -0.3 is 10.2 Å². The monoisotopic (exact) mass is 180 g/mol. The third-order valence-corrected chi connectivity index (χ3v) is 4.34. The normalized spacial score (nSPS) is 63.2. The van der Waals surface area contributed by atoms with Crippen molar-refractivity contribution < 1.29 is 10.2 Å². The minimum atomic E-state index is -0.835. The van der Waals surface area contributed by atoms with E-state index in [-0.39, 0.29) is 0 Å². The SMILES string of the molecule is C[C@]1(O)C[C@@H]2[C@H]([C@H]3C=C[C@H]2C3)[C@@H]1O. The third kappa shape index (κ3) is 0.856. The standard InChI is InChI=1S/C11H16O2/c1-11(13)5-8-6-2-3-7(4-6)9(8)10(11)12/h2-3,6-10,12-13H,4-5H2,1H3/t6-,7-,8-,9-,10-,11-/m0/s1. The molecule has 2 heteroatoms. The summed E-state index contributed by atoms with van der Waals surface area (Å²) < 4.78 is 0. The van der Waals surface area contributed by atoms with E-state index in [0.29, 0.717) is 23.7 Å². The lowest BCUT2D eigenvalue weighted by Crippen LogP contribution is -2.38. The number of allylic oxidation sites excluding steroid dienone is 2. The highest BCUT2D eigenvalue weighted by Crippen LogP contribution is 2.57. The molecule has 0 radical (unpaired) electrons. The zero-order chi connectivity index (χ0) is 9.22. The van der Waals surface area contributed by atoms with Crippen molar-refractivity contribution in [3.05, 3.63) is 12.2 Å². The van der Waals surface area contributed by atoms with Gasteiger partial charge in [-0.1, -0.05) is 12.2 Å². The molecule has 2 N–H and O–H groups in total. The maximum Gasteiger partial charge on any atom is 0.0883 e. The minimum Gasteiger partial charge on any atom is -0.390 e. The van der Waals surface area contributed by atoms with E-state index in [4.69, 9.17) is 0 Å². The van der Waals surface area contributed by atoms with E-state index in [2.05, 4.69) is 12.2 Å². The zero-order valence-electron chi connectivity index (χ0n) is 7.85. The molecule has 2 saturated carbocycles. The summed E-state index contributed by atoms with van der Waals surface area (Å²) in [6.45, 7) is 1.77. The van der Waals surface area contributed by atoms with E-state index in [1.807, 2.05) is 0 Å². The van der Waals surface area contributed by atoms with Gasteiger partial charge in [0.15, 0.2) is 0 Å². The average Bonchev–Trinajstić information content (AvgIpc) is 2.65. The molecular formula is C11H16O2. The van der Waals surface area contributed by atoms with Gasteiger partial charge in [0, 0.05) is 0 Å². The van der Waals surface area contributed by atoms with E-state index >= 15 is 0 Å². The second kappa shape index (κ2) is 2.18. The van der Waals surface area contributed by atoms with Gasteiger partial charge in [-0.15, -0.1) is 0 Å². The number of aliphatic hydroxyl groups excluding tert-OH is 1. The maximum atomic E-state index is 9.97. The lowest BCUT2D eigenvalue weighted by atomic mass is 9.85. The molecule has 2 nitrogen and oxygen atoms in total. The van der Waals surface area contributed by atoms with Crippen molar-refractivity contribution in [1.82, 2.24) is 0 Å². The minimum absolute atomic E-state index is 0.338. The summed E-state index contributed by atoms with van der Waals surface area (Å²) in [6.07, 6.45) is 6.00. The highest BCUT2D eigenvalue weighted by Gasteiger charge is 2.58. The Kier molecular flexibility index (Phi) is 1.34. The van der Waals surface area contributed by atoms with Crippen LogP contribution in [-0.2, 0) is 0 Å². The van der Waals surface area contributed by atoms with E-state index < -0.39 is 11.7 Å². The lowest BCUT2D eigenvalue weighted by Gasteiger charge is -2.26. The lowest BCUT2D eigenvalue weighted by molar-refractivity contribution is -0.0589. The second-order valence-corrected chi connectivity index (χ2v) is 5.20. The topological polar surface area (TPSA) is 40.5 Å². The molecule has 3 aliphatic carbocycles. The second-order valence-electron chi connectivity index (χ2n) is 5.20.